The van der Waals surface area contributed by atoms with E-state index in [9.17, 15) is 0 Å². The number of rotatable bonds is 2. The molecule has 2 heteroatoms. The second kappa shape index (κ2) is 3.42. The highest BCUT2D eigenvalue weighted by Crippen LogP contribution is 2.11. The second-order valence-electron chi connectivity index (χ2n) is 2.27. The van der Waals surface area contributed by atoms with Crippen LogP contribution in [0.2, 0.25) is 0 Å². The fourth-order valence-corrected chi connectivity index (χ4v) is 0.950. The van der Waals surface area contributed by atoms with E-state index in [0.717, 1.165) is 12.2 Å². The first kappa shape index (κ1) is 7.35. The highest BCUT2D eigenvalue weighted by Gasteiger charge is 2.09. The van der Waals surface area contributed by atoms with Crippen LogP contribution in [0.15, 0.2) is 24.0 Å². The molecule has 2 N–H and O–H groups in total. The van der Waals surface area contributed by atoms with E-state index in [1.165, 1.54) is 0 Å². The van der Waals surface area contributed by atoms with Gasteiger partial charge in [-0.1, -0.05) is 12.2 Å². The van der Waals surface area contributed by atoms with E-state index < -0.39 is 0 Å². The standard InChI is InChI=1S/C8H13NO/c1-2-10-8-6-4-3-5-7(8)9/h3-4,6-7H,2,5,9H2,1H3. The molecule has 0 saturated heterocycles. The fraction of sp³-hybridized carbons (Fsp3) is 0.500. The first-order valence-corrected chi connectivity index (χ1v) is 3.59. The number of hydrogen-bond acceptors (Lipinski definition) is 2. The van der Waals surface area contributed by atoms with Crippen LogP contribution in [-0.2, 0) is 4.74 Å². The van der Waals surface area contributed by atoms with Crippen molar-refractivity contribution >= 4 is 0 Å². The summed E-state index contributed by atoms with van der Waals surface area (Å²) in [5.41, 5.74) is 5.72. The predicted molar refractivity (Wildman–Crippen MR) is 41.4 cm³/mol. The van der Waals surface area contributed by atoms with E-state index in [2.05, 4.69) is 0 Å². The first-order chi connectivity index (χ1) is 4.84. The van der Waals surface area contributed by atoms with Crippen molar-refractivity contribution in [2.24, 2.45) is 5.73 Å². The Bertz CT molecular complexity index is 161. The number of hydrogen-bond donors (Lipinski definition) is 1. The molecule has 0 heterocycles. The van der Waals surface area contributed by atoms with Gasteiger partial charge in [-0.2, -0.15) is 0 Å². The third-order valence-electron chi connectivity index (χ3n) is 1.46. The van der Waals surface area contributed by atoms with Crippen molar-refractivity contribution in [3.63, 3.8) is 0 Å². The summed E-state index contributed by atoms with van der Waals surface area (Å²) in [4.78, 5) is 0. The zero-order valence-electron chi connectivity index (χ0n) is 6.21. The lowest BCUT2D eigenvalue weighted by atomic mass is 10.1. The highest BCUT2D eigenvalue weighted by molar-refractivity contribution is 5.18. The van der Waals surface area contributed by atoms with Gasteiger partial charge in [0.05, 0.1) is 12.6 Å². The van der Waals surface area contributed by atoms with E-state index in [-0.39, 0.29) is 6.04 Å². The maximum atomic E-state index is 5.72. The van der Waals surface area contributed by atoms with Crippen molar-refractivity contribution in [2.45, 2.75) is 19.4 Å². The lowest BCUT2D eigenvalue weighted by Crippen LogP contribution is -2.24. The Hall–Kier alpha value is -0.760. The number of nitrogens with two attached hydrogens (primary N) is 1. The molecule has 0 fully saturated rings. The summed E-state index contributed by atoms with van der Waals surface area (Å²) in [7, 11) is 0. The smallest absolute Gasteiger partial charge is 0.113 e. The van der Waals surface area contributed by atoms with Crippen molar-refractivity contribution in [1.29, 1.82) is 0 Å². The third-order valence-corrected chi connectivity index (χ3v) is 1.46. The van der Waals surface area contributed by atoms with Crippen LogP contribution in [0.5, 0.6) is 0 Å². The lowest BCUT2D eigenvalue weighted by Gasteiger charge is -2.16. The van der Waals surface area contributed by atoms with E-state index >= 15 is 0 Å². The molecule has 0 aromatic rings. The monoisotopic (exact) mass is 139 g/mol. The van der Waals surface area contributed by atoms with E-state index in [4.69, 9.17) is 10.5 Å². The molecule has 0 amide bonds. The van der Waals surface area contributed by atoms with Gasteiger partial charge >= 0.3 is 0 Å². The average Bonchev–Trinajstić information content (AvgIpc) is 1.94. The molecular formula is C8H13NO. The second-order valence-corrected chi connectivity index (χ2v) is 2.27. The summed E-state index contributed by atoms with van der Waals surface area (Å²) in [6.07, 6.45) is 6.85. The van der Waals surface area contributed by atoms with Crippen molar-refractivity contribution < 1.29 is 4.74 Å². The molecule has 0 aliphatic heterocycles. The van der Waals surface area contributed by atoms with E-state index in [0.29, 0.717) is 6.61 Å². The molecular weight excluding hydrogens is 126 g/mol. The Morgan fingerprint density at radius 3 is 3.20 bits per heavy atom. The van der Waals surface area contributed by atoms with E-state index in [1.54, 1.807) is 0 Å². The summed E-state index contributed by atoms with van der Waals surface area (Å²) in [5, 5.41) is 0. The molecule has 0 aromatic carbocycles. The zero-order valence-corrected chi connectivity index (χ0v) is 6.21. The molecule has 1 rings (SSSR count). The van der Waals surface area contributed by atoms with Gasteiger partial charge in [0.1, 0.15) is 5.76 Å². The van der Waals surface area contributed by atoms with Crippen LogP contribution >= 0.6 is 0 Å². The molecule has 0 bridgehead atoms. The van der Waals surface area contributed by atoms with Crippen LogP contribution in [0.25, 0.3) is 0 Å². The molecule has 56 valence electrons. The minimum Gasteiger partial charge on any atom is -0.497 e. The van der Waals surface area contributed by atoms with Gasteiger partial charge in [0.15, 0.2) is 0 Å². The van der Waals surface area contributed by atoms with Crippen LogP contribution < -0.4 is 5.73 Å². The molecule has 1 unspecified atom stereocenters. The normalized spacial score (nSPS) is 24.2. The predicted octanol–water partition coefficient (Wildman–Crippen LogP) is 1.19. The maximum Gasteiger partial charge on any atom is 0.113 e. The minimum atomic E-state index is 0.0740. The third kappa shape index (κ3) is 1.61. The quantitative estimate of drug-likeness (QED) is 0.623. The Kier molecular flexibility index (Phi) is 2.51. The molecule has 1 atom stereocenters. The topological polar surface area (TPSA) is 35.2 Å². The Morgan fingerprint density at radius 2 is 2.60 bits per heavy atom. The van der Waals surface area contributed by atoms with Crippen LogP contribution in [0, 0.1) is 0 Å². The summed E-state index contributed by atoms with van der Waals surface area (Å²) in [6, 6.07) is 0.0740. The van der Waals surface area contributed by atoms with Crippen LogP contribution in [0.3, 0.4) is 0 Å². The highest BCUT2D eigenvalue weighted by atomic mass is 16.5. The van der Waals surface area contributed by atoms with Crippen molar-refractivity contribution in [3.05, 3.63) is 24.0 Å². The SMILES string of the molecule is CCOC1=CC=CCC1N. The van der Waals surface area contributed by atoms with Gasteiger partial charge in [0, 0.05) is 0 Å². The molecule has 0 radical (unpaired) electrons. The Morgan fingerprint density at radius 1 is 1.80 bits per heavy atom. The zero-order chi connectivity index (χ0) is 7.40. The van der Waals surface area contributed by atoms with Gasteiger partial charge in [-0.3, -0.25) is 0 Å². The van der Waals surface area contributed by atoms with Gasteiger partial charge in [-0.05, 0) is 19.4 Å². The van der Waals surface area contributed by atoms with Crippen molar-refractivity contribution in [1.82, 2.24) is 0 Å². The van der Waals surface area contributed by atoms with Crippen molar-refractivity contribution in [3.8, 4) is 0 Å². The van der Waals surface area contributed by atoms with Crippen LogP contribution in [0.4, 0.5) is 0 Å². The molecule has 0 spiro atoms. The molecule has 2 nitrogen and oxygen atoms in total. The first-order valence-electron chi connectivity index (χ1n) is 3.59. The van der Waals surface area contributed by atoms with Crippen molar-refractivity contribution in [2.75, 3.05) is 6.61 Å². The molecule has 0 aromatic heterocycles. The molecule has 1 aliphatic rings. The lowest BCUT2D eigenvalue weighted by molar-refractivity contribution is 0.208. The summed E-state index contributed by atoms with van der Waals surface area (Å²) >= 11 is 0. The van der Waals surface area contributed by atoms with Gasteiger partial charge in [-0.25, -0.2) is 0 Å². The summed E-state index contributed by atoms with van der Waals surface area (Å²) < 4.78 is 5.28. The van der Waals surface area contributed by atoms with Crippen LogP contribution in [-0.4, -0.2) is 12.6 Å². The van der Waals surface area contributed by atoms with Gasteiger partial charge in [0.2, 0.25) is 0 Å². The minimum absolute atomic E-state index is 0.0740. The summed E-state index contributed by atoms with van der Waals surface area (Å²) in [6.45, 7) is 2.67. The fourth-order valence-electron chi connectivity index (χ4n) is 0.950. The molecule has 10 heavy (non-hydrogen) atoms. The Balaban J connectivity index is 2.52. The average molecular weight is 139 g/mol. The van der Waals surface area contributed by atoms with Crippen LogP contribution in [0.1, 0.15) is 13.3 Å². The maximum absolute atomic E-state index is 5.72. The van der Waals surface area contributed by atoms with E-state index in [1.807, 2.05) is 25.2 Å². The summed E-state index contributed by atoms with van der Waals surface area (Å²) in [5.74, 6) is 0.907. The van der Waals surface area contributed by atoms with Gasteiger partial charge < -0.3 is 10.5 Å². The number of ether oxygens (including phenoxy) is 1. The number of allylic oxidation sites excluding steroid dienone is 2. The Labute approximate surface area is 61.4 Å². The van der Waals surface area contributed by atoms with Gasteiger partial charge in [0.25, 0.3) is 0 Å². The molecule has 1 aliphatic carbocycles. The van der Waals surface area contributed by atoms with Gasteiger partial charge in [-0.15, -0.1) is 0 Å². The molecule has 0 saturated carbocycles. The largest absolute Gasteiger partial charge is 0.497 e.